The van der Waals surface area contributed by atoms with Crippen molar-refractivity contribution in [3.05, 3.63) is 99.7 Å². The molecule has 0 saturated heterocycles. The first-order chi connectivity index (χ1) is 31.0. The lowest BCUT2D eigenvalue weighted by Gasteiger charge is -2.29. The maximum absolute atomic E-state index is 14.7. The van der Waals surface area contributed by atoms with E-state index in [1.807, 2.05) is 4.72 Å². The number of hydrogen-bond acceptors (Lipinski definition) is 14. The summed E-state index contributed by atoms with van der Waals surface area (Å²) in [6, 6.07) is 13.9. The number of anilines is 3. The number of amides is 5. The largest absolute Gasteiger partial charge is 0.481 e. The van der Waals surface area contributed by atoms with Crippen molar-refractivity contribution in [1.82, 2.24) is 24.7 Å². The van der Waals surface area contributed by atoms with Crippen LogP contribution in [0.4, 0.5) is 26.5 Å². The number of urea groups is 1. The number of sulfonamides is 1. The number of nitrogens with zero attached hydrogens (tertiary/aromatic N) is 6. The Bertz CT molecular complexity index is 2900. The standard InChI is InChI=1S/C19H15FN2O4.C12H12ClN5O4S.C11H8ClNO3/c1-2-7-21-15-9-14(13(20)8-16(15)26-10-17(21)23)22-18(24)11-5-3-4-6-12(11)19(22)25;1-7-14-10(17-12(15-7)22-2)16-11(19)18-23(20,21)9-6-4-3-5-8(9)13;12-8-3-4-9(16-6-10(14)15)11-7(8)2-1-5-13-11/h1,8-9H,3-7,10H2;3-6H,1-2H3,(H2,14,15,16,17,18,19);1-5H,6H2,(H,14,15). The molecular formula is C42H35Cl2FN8O11S. The van der Waals surface area contributed by atoms with E-state index in [0.717, 1.165) is 29.2 Å². The molecule has 0 unspecified atom stereocenters. The number of aromatic nitrogens is 4. The number of methoxy groups -OCH3 is 1. The Morgan fingerprint density at radius 1 is 0.969 bits per heavy atom. The molecule has 0 spiro atoms. The van der Waals surface area contributed by atoms with Crippen molar-refractivity contribution in [1.29, 1.82) is 0 Å². The fourth-order valence-electron chi connectivity index (χ4n) is 6.54. The third-order valence-corrected chi connectivity index (χ3v) is 11.5. The third-order valence-electron chi connectivity index (χ3n) is 9.37. The summed E-state index contributed by atoms with van der Waals surface area (Å²) in [5.41, 5.74) is 1.56. The van der Waals surface area contributed by atoms with Crippen molar-refractivity contribution in [3.8, 4) is 29.9 Å². The summed E-state index contributed by atoms with van der Waals surface area (Å²) in [7, 11) is -2.78. The van der Waals surface area contributed by atoms with Crippen molar-refractivity contribution in [3.63, 3.8) is 0 Å². The third kappa shape index (κ3) is 10.9. The summed E-state index contributed by atoms with van der Waals surface area (Å²) in [6.45, 7) is 0.906. The van der Waals surface area contributed by atoms with Crippen LogP contribution in [0.2, 0.25) is 10.0 Å². The number of carbonyl (C=O) groups excluding carboxylic acids is 4. The summed E-state index contributed by atoms with van der Waals surface area (Å²) in [6.07, 6.45) is 9.61. The van der Waals surface area contributed by atoms with Gasteiger partial charge in [-0.25, -0.2) is 32.0 Å². The summed E-state index contributed by atoms with van der Waals surface area (Å²) < 4.78 is 55.9. The van der Waals surface area contributed by atoms with Gasteiger partial charge in [-0.2, -0.15) is 15.0 Å². The zero-order valence-corrected chi connectivity index (χ0v) is 36.5. The number of aliphatic carboxylic acids is 1. The molecule has 1 aliphatic carbocycles. The molecule has 0 bridgehead atoms. The molecule has 5 aromatic rings. The number of carboxylic acids is 1. The molecule has 8 rings (SSSR count). The summed E-state index contributed by atoms with van der Waals surface area (Å²) in [5.74, 6) is -0.0630. The van der Waals surface area contributed by atoms with Gasteiger partial charge in [-0.3, -0.25) is 29.6 Å². The van der Waals surface area contributed by atoms with Gasteiger partial charge in [-0.15, -0.1) is 6.42 Å². The molecule has 2 aliphatic heterocycles. The molecule has 23 heteroatoms. The molecule has 19 nitrogen and oxygen atoms in total. The van der Waals surface area contributed by atoms with Gasteiger partial charge in [0.1, 0.15) is 27.7 Å². The number of halogens is 3. The molecule has 4 heterocycles. The topological polar surface area (TPSA) is 250 Å². The highest BCUT2D eigenvalue weighted by Gasteiger charge is 2.42. The molecule has 65 heavy (non-hydrogen) atoms. The van der Waals surface area contributed by atoms with E-state index in [0.29, 0.717) is 46.1 Å². The second-order valence-corrected chi connectivity index (χ2v) is 16.1. The van der Waals surface area contributed by atoms with Gasteiger partial charge in [0.15, 0.2) is 19.0 Å². The van der Waals surface area contributed by atoms with E-state index in [2.05, 4.69) is 31.2 Å². The number of hydrogen-bond donors (Lipinski definition) is 3. The molecular weight excluding hydrogens is 914 g/mol. The predicted molar refractivity (Wildman–Crippen MR) is 233 cm³/mol. The predicted octanol–water partition coefficient (Wildman–Crippen LogP) is 5.63. The second-order valence-electron chi connectivity index (χ2n) is 13.7. The minimum atomic E-state index is -4.13. The first-order valence-electron chi connectivity index (χ1n) is 19.1. The highest BCUT2D eigenvalue weighted by molar-refractivity contribution is 7.90. The molecule has 0 fully saturated rings. The van der Waals surface area contributed by atoms with Crippen molar-refractivity contribution < 1.29 is 56.1 Å². The number of fused-ring (bicyclic) bond motifs is 2. The normalized spacial score (nSPS) is 14.1. The van der Waals surface area contributed by atoms with E-state index in [4.69, 9.17) is 48.9 Å². The number of imide groups is 1. The Labute approximate surface area is 379 Å². The van der Waals surface area contributed by atoms with E-state index >= 15 is 0 Å². The van der Waals surface area contributed by atoms with Crippen LogP contribution < -0.4 is 34.0 Å². The van der Waals surface area contributed by atoms with Crippen LogP contribution in [0, 0.1) is 25.1 Å². The molecule has 0 saturated carbocycles. The van der Waals surface area contributed by atoms with Crippen LogP contribution in [0.15, 0.2) is 82.9 Å². The number of pyridine rings is 1. The van der Waals surface area contributed by atoms with Crippen LogP contribution in [0.3, 0.4) is 0 Å². The number of terminal acetylenes is 1. The van der Waals surface area contributed by atoms with Crippen molar-refractivity contribution >= 4 is 91.2 Å². The molecule has 0 atom stereocenters. The van der Waals surface area contributed by atoms with Crippen LogP contribution in [0.1, 0.15) is 31.5 Å². The molecule has 2 aromatic heterocycles. The van der Waals surface area contributed by atoms with Crippen LogP contribution in [0.25, 0.3) is 10.9 Å². The number of rotatable bonds is 9. The highest BCUT2D eigenvalue weighted by atomic mass is 35.5. The van der Waals surface area contributed by atoms with Gasteiger partial charge in [0.25, 0.3) is 27.7 Å². The van der Waals surface area contributed by atoms with Crippen LogP contribution in [-0.2, 0) is 29.2 Å². The lowest BCUT2D eigenvalue weighted by atomic mass is 9.93. The fourth-order valence-corrected chi connectivity index (χ4v) is 8.19. The Kier molecular flexibility index (Phi) is 14.8. The average Bonchev–Trinajstić information content (AvgIpc) is 3.52. The molecule has 0 radical (unpaired) electrons. The van der Waals surface area contributed by atoms with Gasteiger partial charge < -0.3 is 19.3 Å². The summed E-state index contributed by atoms with van der Waals surface area (Å²) >= 11 is 11.8. The van der Waals surface area contributed by atoms with Crippen LogP contribution in [0.5, 0.6) is 17.5 Å². The minimum Gasteiger partial charge on any atom is -0.481 e. The Hall–Kier alpha value is -7.41. The molecule has 5 amide bonds. The van der Waals surface area contributed by atoms with E-state index in [1.54, 1.807) is 43.5 Å². The number of benzene rings is 3. The summed E-state index contributed by atoms with van der Waals surface area (Å²) in [4.78, 5) is 77.2. The van der Waals surface area contributed by atoms with E-state index in [-0.39, 0.29) is 58.1 Å². The van der Waals surface area contributed by atoms with Crippen LogP contribution in [-0.4, -0.2) is 90.1 Å². The highest BCUT2D eigenvalue weighted by Crippen LogP contribution is 2.42. The maximum atomic E-state index is 14.7. The smallest absolute Gasteiger partial charge is 0.341 e. The Balaban J connectivity index is 0.000000166. The maximum Gasteiger partial charge on any atom is 0.341 e. The van der Waals surface area contributed by atoms with Gasteiger partial charge in [0, 0.05) is 28.8 Å². The number of carbonyl (C=O) groups is 5. The zero-order valence-electron chi connectivity index (χ0n) is 34.1. The molecule has 3 aliphatic rings. The lowest BCUT2D eigenvalue weighted by Crippen LogP contribution is -2.39. The fraction of sp³-hybridized carbons (Fsp3) is 0.214. The quantitative estimate of drug-likeness (QED) is 0.120. The average molecular weight is 950 g/mol. The molecule has 3 aromatic carbocycles. The number of carboxylic acid groups (broad SMARTS) is 1. The van der Waals surface area contributed by atoms with Gasteiger partial charge in [0.2, 0.25) is 5.95 Å². The zero-order chi connectivity index (χ0) is 47.0. The molecule has 3 N–H and O–H groups in total. The molecule has 336 valence electrons. The Morgan fingerprint density at radius 3 is 2.34 bits per heavy atom. The SMILES string of the molecule is C#CCN1C(=O)COc2cc(F)c(N3C(=O)C4=C(CCCC4)C3=O)cc21.COc1nc(C)nc(NC(=O)NS(=O)(=O)c2ccccc2Cl)n1.O=C(O)COc1ccc(Cl)c2cccnc12. The Morgan fingerprint density at radius 2 is 1.68 bits per heavy atom. The second kappa shape index (κ2) is 20.4. The van der Waals surface area contributed by atoms with Crippen LogP contribution >= 0.6 is 23.2 Å². The first-order valence-corrected chi connectivity index (χ1v) is 21.3. The van der Waals surface area contributed by atoms with E-state index in [1.165, 1.54) is 36.3 Å². The number of aryl methyl sites for hydroxylation is 1. The van der Waals surface area contributed by atoms with Gasteiger partial charge in [-0.1, -0.05) is 41.3 Å². The van der Waals surface area contributed by atoms with E-state index in [9.17, 15) is 36.8 Å². The lowest BCUT2D eigenvalue weighted by molar-refractivity contribution is -0.139. The minimum absolute atomic E-state index is 0.00882. The van der Waals surface area contributed by atoms with Gasteiger partial charge >= 0.3 is 18.0 Å². The van der Waals surface area contributed by atoms with E-state index < -0.39 is 46.3 Å². The van der Waals surface area contributed by atoms with Gasteiger partial charge in [0.05, 0.1) is 35.1 Å². The van der Waals surface area contributed by atoms with Crippen molar-refractivity contribution in [2.45, 2.75) is 37.5 Å². The summed E-state index contributed by atoms with van der Waals surface area (Å²) in [5, 5.41) is 12.0. The van der Waals surface area contributed by atoms with Crippen molar-refractivity contribution in [2.24, 2.45) is 0 Å². The van der Waals surface area contributed by atoms with Gasteiger partial charge in [-0.05, 0) is 75.1 Å². The first kappa shape index (κ1) is 47.1. The number of nitrogens with one attached hydrogen (secondary N) is 2. The van der Waals surface area contributed by atoms with Crippen molar-refractivity contribution in [2.75, 3.05) is 42.0 Å². The monoisotopic (exact) mass is 948 g/mol. The number of ether oxygens (including phenoxy) is 3.